The highest BCUT2D eigenvalue weighted by molar-refractivity contribution is 9.09. The van der Waals surface area contributed by atoms with Gasteiger partial charge in [-0.3, -0.25) is 4.79 Å². The van der Waals surface area contributed by atoms with E-state index in [0.29, 0.717) is 21.7 Å². The molecule has 100 valence electrons. The molecule has 1 aliphatic rings. The van der Waals surface area contributed by atoms with E-state index in [9.17, 15) is 4.79 Å². The van der Waals surface area contributed by atoms with Crippen molar-refractivity contribution < 1.29 is 4.79 Å². The van der Waals surface area contributed by atoms with Crippen molar-refractivity contribution in [2.75, 3.05) is 11.9 Å². The lowest BCUT2D eigenvalue weighted by Crippen LogP contribution is -2.30. The molecule has 5 heteroatoms. The Morgan fingerprint density at radius 1 is 1.56 bits per heavy atom. The topological polar surface area (TPSA) is 29.1 Å². The summed E-state index contributed by atoms with van der Waals surface area (Å²) in [4.78, 5) is 12.7. The van der Waals surface area contributed by atoms with E-state index in [1.807, 2.05) is 12.3 Å². The normalized spacial score (nSPS) is 23.3. The van der Waals surface area contributed by atoms with Crippen LogP contribution in [-0.4, -0.2) is 17.8 Å². The molecule has 1 saturated carbocycles. The van der Waals surface area contributed by atoms with Crippen LogP contribution < -0.4 is 5.32 Å². The summed E-state index contributed by atoms with van der Waals surface area (Å²) in [6.45, 7) is 2.69. The van der Waals surface area contributed by atoms with E-state index in [2.05, 4.69) is 21.2 Å². The largest absolute Gasteiger partial charge is 0.351 e. The van der Waals surface area contributed by atoms with Gasteiger partial charge in [-0.15, -0.1) is 11.3 Å². The maximum Gasteiger partial charge on any atom is 0.262 e. The fourth-order valence-electron chi connectivity index (χ4n) is 2.47. The summed E-state index contributed by atoms with van der Waals surface area (Å²) in [5.41, 5.74) is 0.978. The molecule has 2 unspecified atom stereocenters. The molecule has 0 saturated heterocycles. The standard InChI is InChI=1S/C13H17BrClNOS/c1-8-7-18-12(11(8)15)13(17)16-6-10-4-2-3-9(10)5-14/h7,9-10H,2-6H2,1H3,(H,16,17). The molecule has 1 heterocycles. The van der Waals surface area contributed by atoms with Gasteiger partial charge in [0.1, 0.15) is 4.88 Å². The van der Waals surface area contributed by atoms with Crippen LogP contribution in [0.4, 0.5) is 0 Å². The molecular formula is C13H17BrClNOS. The molecule has 1 N–H and O–H groups in total. The Hall–Kier alpha value is -0.0600. The van der Waals surface area contributed by atoms with Crippen LogP contribution in [0.25, 0.3) is 0 Å². The number of halogens is 2. The van der Waals surface area contributed by atoms with Gasteiger partial charge in [-0.1, -0.05) is 34.0 Å². The van der Waals surface area contributed by atoms with Gasteiger partial charge in [-0.05, 0) is 42.5 Å². The lowest BCUT2D eigenvalue weighted by molar-refractivity contribution is 0.0949. The Labute approximate surface area is 125 Å². The fraction of sp³-hybridized carbons (Fsp3) is 0.615. The van der Waals surface area contributed by atoms with Crippen LogP contribution in [0, 0.1) is 18.8 Å². The Morgan fingerprint density at radius 2 is 2.28 bits per heavy atom. The van der Waals surface area contributed by atoms with Crippen LogP contribution in [-0.2, 0) is 0 Å². The van der Waals surface area contributed by atoms with Crippen molar-refractivity contribution in [1.29, 1.82) is 0 Å². The van der Waals surface area contributed by atoms with Gasteiger partial charge in [0, 0.05) is 11.9 Å². The number of aryl methyl sites for hydroxylation is 1. The van der Waals surface area contributed by atoms with E-state index >= 15 is 0 Å². The highest BCUT2D eigenvalue weighted by Gasteiger charge is 2.27. The second kappa shape index (κ2) is 6.40. The minimum absolute atomic E-state index is 0.0293. The first-order valence-corrected chi connectivity index (χ1v) is 8.59. The fourth-order valence-corrected chi connectivity index (χ4v) is 4.52. The highest BCUT2D eigenvalue weighted by Crippen LogP contribution is 2.33. The smallest absolute Gasteiger partial charge is 0.262 e. The van der Waals surface area contributed by atoms with Crippen molar-refractivity contribution in [3.05, 3.63) is 20.8 Å². The van der Waals surface area contributed by atoms with Gasteiger partial charge in [-0.2, -0.15) is 0 Å². The van der Waals surface area contributed by atoms with Gasteiger partial charge >= 0.3 is 0 Å². The molecule has 2 nitrogen and oxygen atoms in total. The first-order valence-electron chi connectivity index (χ1n) is 6.21. The van der Waals surface area contributed by atoms with Crippen molar-refractivity contribution in [3.63, 3.8) is 0 Å². The van der Waals surface area contributed by atoms with E-state index in [1.165, 1.54) is 30.6 Å². The predicted molar refractivity (Wildman–Crippen MR) is 81.0 cm³/mol. The third-order valence-electron chi connectivity index (χ3n) is 3.64. The van der Waals surface area contributed by atoms with Crippen molar-refractivity contribution >= 4 is 44.8 Å². The number of thiophene rings is 1. The summed E-state index contributed by atoms with van der Waals surface area (Å²) in [5.74, 6) is 1.28. The zero-order valence-corrected chi connectivity index (χ0v) is 13.5. The Morgan fingerprint density at radius 3 is 2.89 bits per heavy atom. The summed E-state index contributed by atoms with van der Waals surface area (Å²) >= 11 is 11.1. The highest BCUT2D eigenvalue weighted by atomic mass is 79.9. The molecule has 1 aromatic rings. The van der Waals surface area contributed by atoms with Gasteiger partial charge in [0.15, 0.2) is 0 Å². The molecule has 0 aliphatic heterocycles. The van der Waals surface area contributed by atoms with E-state index in [1.54, 1.807) is 0 Å². The lowest BCUT2D eigenvalue weighted by atomic mass is 9.98. The predicted octanol–water partition coefficient (Wildman–Crippen LogP) is 4.25. The minimum Gasteiger partial charge on any atom is -0.351 e. The maximum atomic E-state index is 12.0. The number of alkyl halides is 1. The quantitative estimate of drug-likeness (QED) is 0.808. The number of rotatable bonds is 4. The molecule has 1 fully saturated rings. The molecule has 2 rings (SSSR count). The second-order valence-corrected chi connectivity index (χ2v) is 6.78. The van der Waals surface area contributed by atoms with Gasteiger partial charge in [-0.25, -0.2) is 0 Å². The van der Waals surface area contributed by atoms with Crippen LogP contribution in [0.15, 0.2) is 5.38 Å². The molecule has 0 radical (unpaired) electrons. The number of carbonyl (C=O) groups is 1. The molecule has 1 aliphatic carbocycles. The average Bonchev–Trinajstić information content (AvgIpc) is 2.94. The van der Waals surface area contributed by atoms with Gasteiger partial charge in [0.05, 0.1) is 5.02 Å². The molecular weight excluding hydrogens is 334 g/mol. The van der Waals surface area contributed by atoms with E-state index in [-0.39, 0.29) is 5.91 Å². The summed E-state index contributed by atoms with van der Waals surface area (Å²) in [7, 11) is 0. The zero-order valence-electron chi connectivity index (χ0n) is 10.3. The van der Waals surface area contributed by atoms with Crippen LogP contribution in [0.1, 0.15) is 34.5 Å². The number of hydrogen-bond donors (Lipinski definition) is 1. The minimum atomic E-state index is -0.0293. The molecule has 1 amide bonds. The Balaban J connectivity index is 1.90. The Bertz CT molecular complexity index is 435. The van der Waals surface area contributed by atoms with Gasteiger partial charge in [0.25, 0.3) is 5.91 Å². The monoisotopic (exact) mass is 349 g/mol. The van der Waals surface area contributed by atoms with Crippen LogP contribution in [0.3, 0.4) is 0 Å². The number of amides is 1. The number of carbonyl (C=O) groups excluding carboxylic acids is 1. The second-order valence-electron chi connectivity index (χ2n) is 4.88. The van der Waals surface area contributed by atoms with Crippen LogP contribution >= 0.6 is 38.9 Å². The van der Waals surface area contributed by atoms with E-state index in [0.717, 1.165) is 17.4 Å². The van der Waals surface area contributed by atoms with Crippen molar-refractivity contribution in [2.45, 2.75) is 26.2 Å². The SMILES string of the molecule is Cc1csc(C(=O)NCC2CCCC2CBr)c1Cl. The first-order chi connectivity index (χ1) is 8.63. The number of hydrogen-bond acceptors (Lipinski definition) is 2. The molecule has 1 aromatic heterocycles. The maximum absolute atomic E-state index is 12.0. The molecule has 2 atom stereocenters. The zero-order chi connectivity index (χ0) is 13.1. The molecule has 0 aromatic carbocycles. The molecule has 0 spiro atoms. The third-order valence-corrected chi connectivity index (χ3v) is 6.17. The summed E-state index contributed by atoms with van der Waals surface area (Å²) in [6, 6.07) is 0. The molecule has 0 bridgehead atoms. The van der Waals surface area contributed by atoms with Crippen LogP contribution in [0.2, 0.25) is 5.02 Å². The summed E-state index contributed by atoms with van der Waals surface area (Å²) < 4.78 is 0. The van der Waals surface area contributed by atoms with Crippen molar-refractivity contribution in [3.8, 4) is 0 Å². The van der Waals surface area contributed by atoms with E-state index < -0.39 is 0 Å². The number of nitrogens with one attached hydrogen (secondary N) is 1. The van der Waals surface area contributed by atoms with Gasteiger partial charge in [0.2, 0.25) is 0 Å². The molecule has 18 heavy (non-hydrogen) atoms. The van der Waals surface area contributed by atoms with E-state index in [4.69, 9.17) is 11.6 Å². The lowest BCUT2D eigenvalue weighted by Gasteiger charge is -2.17. The third kappa shape index (κ3) is 3.09. The van der Waals surface area contributed by atoms with Gasteiger partial charge < -0.3 is 5.32 Å². The van der Waals surface area contributed by atoms with Crippen molar-refractivity contribution in [2.24, 2.45) is 11.8 Å². The first kappa shape index (κ1) is 14.4. The average molecular weight is 351 g/mol. The summed E-state index contributed by atoms with van der Waals surface area (Å²) in [6.07, 6.45) is 3.76. The Kier molecular flexibility index (Phi) is 5.10. The van der Waals surface area contributed by atoms with Crippen LogP contribution in [0.5, 0.6) is 0 Å². The van der Waals surface area contributed by atoms with Crippen molar-refractivity contribution in [1.82, 2.24) is 5.32 Å². The summed E-state index contributed by atoms with van der Waals surface area (Å²) in [5, 5.41) is 6.58.